The number of ether oxygens (including phenoxy) is 8. The van der Waals surface area contributed by atoms with Crippen LogP contribution in [-0.4, -0.2) is 222 Å². The fraction of sp³-hybridized carbons (Fsp3) is 1.00. The summed E-state index contributed by atoms with van der Waals surface area (Å²) in [5, 5.41) is 139. The topological polar surface area (TPSA) is 337 Å². The van der Waals surface area contributed by atoms with Crippen molar-refractivity contribution in [1.82, 2.24) is 0 Å². The fourth-order valence-electron chi connectivity index (χ4n) is 15.2. The van der Waals surface area contributed by atoms with Crippen LogP contribution >= 0.6 is 0 Å². The van der Waals surface area contributed by atoms with Gasteiger partial charge < -0.3 is 104 Å². The van der Waals surface area contributed by atoms with E-state index in [1.807, 2.05) is 0 Å². The van der Waals surface area contributed by atoms with Gasteiger partial charge in [0.2, 0.25) is 0 Å². The van der Waals surface area contributed by atoms with Crippen LogP contribution in [0, 0.1) is 52.3 Å². The van der Waals surface area contributed by atoms with Crippen molar-refractivity contribution >= 4 is 0 Å². The van der Waals surface area contributed by atoms with Crippen molar-refractivity contribution in [2.45, 2.75) is 241 Å². The Morgan fingerprint density at radius 3 is 1.39 bits per heavy atom. The summed E-state index contributed by atoms with van der Waals surface area (Å²) in [5.41, 5.74) is 0.581. The highest BCUT2D eigenvalue weighted by molar-refractivity contribution is 5.10. The Morgan fingerprint density at radius 2 is 0.903 bits per heavy atom. The molecule has 4 saturated heterocycles. The zero-order chi connectivity index (χ0) is 52.1. The molecule has 18 unspecified atom stereocenters. The zero-order valence-corrected chi connectivity index (χ0v) is 42.6. The van der Waals surface area contributed by atoms with Crippen molar-refractivity contribution in [3.8, 4) is 0 Å². The van der Waals surface area contributed by atoms with Gasteiger partial charge in [0.1, 0.15) is 97.7 Å². The van der Waals surface area contributed by atoms with E-state index in [0.29, 0.717) is 17.3 Å². The summed E-state index contributed by atoms with van der Waals surface area (Å²) in [7, 11) is 0. The lowest BCUT2D eigenvalue weighted by Gasteiger charge is -2.61. The smallest absolute Gasteiger partial charge is 0.187 e. The summed E-state index contributed by atoms with van der Waals surface area (Å²) in [5.74, 6) is 4.88. The van der Waals surface area contributed by atoms with Gasteiger partial charge in [-0.15, -0.1) is 0 Å². The summed E-state index contributed by atoms with van der Waals surface area (Å²) in [6, 6.07) is 0. The average Bonchev–Trinajstić information content (AvgIpc) is 3.72. The first-order valence-electron chi connectivity index (χ1n) is 27.0. The second kappa shape index (κ2) is 23.6. The van der Waals surface area contributed by atoms with E-state index in [4.69, 9.17) is 37.9 Å². The molecule has 0 amide bonds. The van der Waals surface area contributed by atoms with Gasteiger partial charge in [-0.25, -0.2) is 0 Å². The molecule has 8 rings (SSSR count). The summed E-state index contributed by atoms with van der Waals surface area (Å²) in [6.45, 7) is 9.02. The van der Waals surface area contributed by atoms with Gasteiger partial charge >= 0.3 is 0 Å². The maximum Gasteiger partial charge on any atom is 0.187 e. The lowest BCUT2D eigenvalue weighted by Crippen LogP contribution is -2.67. The lowest BCUT2D eigenvalue weighted by molar-refractivity contribution is -0.389. The number of hydrogen-bond acceptors (Lipinski definition) is 21. The molecule has 29 atom stereocenters. The Bertz CT molecular complexity index is 1710. The van der Waals surface area contributed by atoms with E-state index in [0.717, 1.165) is 55.3 Å². The Morgan fingerprint density at radius 1 is 0.458 bits per heavy atom. The van der Waals surface area contributed by atoms with E-state index in [9.17, 15) is 66.4 Å². The minimum atomic E-state index is -2.02. The molecule has 21 heteroatoms. The molecular weight excluding hydrogens is 949 g/mol. The van der Waals surface area contributed by atoms with Crippen LogP contribution in [0.15, 0.2) is 0 Å². The number of rotatable bonds is 17. The van der Waals surface area contributed by atoms with E-state index >= 15 is 0 Å². The molecule has 4 saturated carbocycles. The monoisotopic (exact) mass is 1040 g/mol. The van der Waals surface area contributed by atoms with Crippen molar-refractivity contribution in [2.75, 3.05) is 26.4 Å². The minimum Gasteiger partial charge on any atom is -0.394 e. The van der Waals surface area contributed by atoms with E-state index in [-0.39, 0.29) is 11.5 Å². The highest BCUT2D eigenvalue weighted by atomic mass is 16.8. The Balaban J connectivity index is 0.843. The molecule has 0 aromatic carbocycles. The zero-order valence-electron chi connectivity index (χ0n) is 42.6. The first-order chi connectivity index (χ1) is 34.2. The molecule has 72 heavy (non-hydrogen) atoms. The second-order valence-corrected chi connectivity index (χ2v) is 23.8. The van der Waals surface area contributed by atoms with Crippen molar-refractivity contribution in [3.05, 3.63) is 0 Å². The lowest BCUT2D eigenvalue weighted by atomic mass is 9.44. The van der Waals surface area contributed by atoms with Crippen molar-refractivity contribution in [1.29, 1.82) is 0 Å². The summed E-state index contributed by atoms with van der Waals surface area (Å²) in [6.07, 6.45) is -20.4. The van der Waals surface area contributed by atoms with Gasteiger partial charge in [-0.1, -0.05) is 53.9 Å². The third-order valence-corrected chi connectivity index (χ3v) is 19.3. The van der Waals surface area contributed by atoms with Crippen LogP contribution in [-0.2, 0) is 37.9 Å². The van der Waals surface area contributed by atoms with Gasteiger partial charge in [-0.3, -0.25) is 0 Å². The molecule has 418 valence electrons. The predicted molar refractivity (Wildman–Crippen MR) is 250 cm³/mol. The van der Waals surface area contributed by atoms with Crippen LogP contribution in [0.4, 0.5) is 0 Å². The highest BCUT2D eigenvalue weighted by Crippen LogP contribution is 2.68. The Kier molecular flexibility index (Phi) is 18.8. The van der Waals surface area contributed by atoms with E-state index in [1.165, 1.54) is 51.4 Å². The third kappa shape index (κ3) is 11.0. The van der Waals surface area contributed by atoms with Crippen molar-refractivity contribution in [3.63, 3.8) is 0 Å². The van der Waals surface area contributed by atoms with Gasteiger partial charge in [0.25, 0.3) is 0 Å². The normalized spacial score (nSPS) is 52.4. The molecule has 13 N–H and O–H groups in total. The number of aliphatic hydroxyl groups is 13. The molecule has 4 heterocycles. The van der Waals surface area contributed by atoms with Crippen LogP contribution < -0.4 is 0 Å². The highest BCUT2D eigenvalue weighted by Gasteiger charge is 2.62. The van der Waals surface area contributed by atoms with Gasteiger partial charge in [0, 0.05) is 0 Å². The summed E-state index contributed by atoms with van der Waals surface area (Å²) >= 11 is 0. The predicted octanol–water partition coefficient (Wildman–Crippen LogP) is -1.23. The molecule has 8 fully saturated rings. The second-order valence-electron chi connectivity index (χ2n) is 23.8. The fourth-order valence-corrected chi connectivity index (χ4v) is 15.2. The van der Waals surface area contributed by atoms with Crippen molar-refractivity contribution in [2.24, 2.45) is 52.3 Å². The maximum atomic E-state index is 11.5. The molecule has 8 aliphatic rings. The molecule has 0 aromatic rings. The summed E-state index contributed by atoms with van der Waals surface area (Å²) < 4.78 is 46.6. The Hall–Kier alpha value is -0.840. The van der Waals surface area contributed by atoms with Gasteiger partial charge in [0.15, 0.2) is 25.2 Å². The summed E-state index contributed by atoms with van der Waals surface area (Å²) in [4.78, 5) is 0. The number of fused-ring (bicyclic) bond motifs is 5. The minimum absolute atomic E-state index is 0.176. The van der Waals surface area contributed by atoms with Crippen molar-refractivity contribution < 1.29 is 104 Å². The molecule has 4 aliphatic carbocycles. The molecule has 0 bridgehead atoms. The average molecular weight is 1040 g/mol. The number of hydrogen-bond donors (Lipinski definition) is 13. The van der Waals surface area contributed by atoms with E-state index < -0.39 is 149 Å². The largest absolute Gasteiger partial charge is 0.394 e. The van der Waals surface area contributed by atoms with Crippen LogP contribution in [0.1, 0.15) is 112 Å². The molecule has 0 spiro atoms. The standard InChI is InChI=1S/C51H88O21/c1-22(2)7-6-8-23(3)27-11-12-28-26-10-9-24-17-25(13-15-50(24,4)29(26)14-16-51(27,28)5)65-46-40(62)36(58)43(31(19-53)67-46)71-48-42(64)38(60)45(33(21-55)69-48)72-49-41(63)37(59)44(32(20-54)68-49)70-47-39(61)35(57)34(56)30(18-52)66-47/h22-49,52-64H,6-21H2,1-5H3/t23?,24?,25-,26?,27?,28?,29?,30?,31?,32?,33?,34+,35?,36?,37?,38?,39?,40?,41?,42?,43+,44+,45+,46+,47+,48+,49+,50-,51+/m0/s1. The van der Waals surface area contributed by atoms with E-state index in [2.05, 4.69) is 34.6 Å². The van der Waals surface area contributed by atoms with Gasteiger partial charge in [-0.05, 0) is 110 Å². The Labute approximate surface area is 422 Å². The first kappa shape index (κ1) is 57.3. The van der Waals surface area contributed by atoms with E-state index in [1.54, 1.807) is 0 Å². The van der Waals surface area contributed by atoms with Gasteiger partial charge in [-0.2, -0.15) is 0 Å². The first-order valence-corrected chi connectivity index (χ1v) is 27.0. The molecule has 0 aromatic heterocycles. The molecule has 4 aliphatic heterocycles. The molecular formula is C51H88O21. The molecule has 21 nitrogen and oxygen atoms in total. The third-order valence-electron chi connectivity index (χ3n) is 19.3. The molecule has 0 radical (unpaired) electrons. The van der Waals surface area contributed by atoms with Gasteiger partial charge in [0.05, 0.1) is 32.5 Å². The van der Waals surface area contributed by atoms with Crippen LogP contribution in [0.2, 0.25) is 0 Å². The maximum absolute atomic E-state index is 11.5. The van der Waals surface area contributed by atoms with Crippen LogP contribution in [0.5, 0.6) is 0 Å². The number of aliphatic hydroxyl groups excluding tert-OH is 13. The van der Waals surface area contributed by atoms with Crippen LogP contribution in [0.3, 0.4) is 0 Å². The SMILES string of the molecule is CC(C)CCCC(C)C1CCC2C3CCC4C[C@@H](O[C@@H]5OC(CO)[C@@H](O[C@H]6OC(CO)[C@@H](O[C@H]7OC(CO)[C@@H](O[C@H]8OC(CO)[C@@H](O)C(O)C8O)C(O)C7O)C(O)C6O)C(O)C5O)CC[C@]4(C)C3CC[C@]12C. The van der Waals surface area contributed by atoms with Crippen LogP contribution in [0.25, 0.3) is 0 Å². The quantitative estimate of drug-likeness (QED) is 0.0759.